The van der Waals surface area contributed by atoms with Crippen LogP contribution < -0.4 is 0 Å². The van der Waals surface area contributed by atoms with Crippen molar-refractivity contribution in [2.75, 3.05) is 18.1 Å². The first-order valence-electron chi connectivity index (χ1n) is 4.29. The Balaban J connectivity index is 4.21. The molecule has 0 radical (unpaired) electrons. The van der Waals surface area contributed by atoms with E-state index in [2.05, 4.69) is 4.74 Å². The lowest BCUT2D eigenvalue weighted by Crippen LogP contribution is -2.24. The minimum absolute atomic E-state index is 0.135. The number of carbonyl (C=O) groups is 2. The lowest BCUT2D eigenvalue weighted by Gasteiger charge is -2.02. The van der Waals surface area contributed by atoms with Crippen LogP contribution in [-0.4, -0.2) is 38.3 Å². The minimum Gasteiger partial charge on any atom is -0.465 e. The van der Waals surface area contributed by atoms with Crippen LogP contribution in [0.15, 0.2) is 0 Å². The van der Waals surface area contributed by atoms with Crippen LogP contribution in [0.25, 0.3) is 0 Å². The Kier molecular flexibility index (Phi) is 5.37. The molecule has 0 aliphatic heterocycles. The van der Waals surface area contributed by atoms with Gasteiger partial charge in [-0.2, -0.15) is 0 Å². The molecule has 0 aromatic carbocycles. The molecule has 0 rings (SSSR count). The van der Waals surface area contributed by atoms with Gasteiger partial charge in [0.05, 0.1) is 6.61 Å². The summed E-state index contributed by atoms with van der Waals surface area (Å²) in [5, 5.41) is 0. The Morgan fingerprint density at radius 2 is 1.71 bits per heavy atom. The third kappa shape index (κ3) is 5.69. The standard InChI is InChI=1S/C8H14O5S/c1-3-7(9)5-14(11,12)6-8(10)13-4-2/h3-6H2,1-2H3. The van der Waals surface area contributed by atoms with Crippen LogP contribution in [0, 0.1) is 0 Å². The molecule has 0 atom stereocenters. The van der Waals surface area contributed by atoms with Gasteiger partial charge in [0.15, 0.2) is 9.84 Å². The molecule has 0 aliphatic rings. The molecular weight excluding hydrogens is 208 g/mol. The van der Waals surface area contributed by atoms with Crippen molar-refractivity contribution in [3.63, 3.8) is 0 Å². The number of esters is 1. The van der Waals surface area contributed by atoms with E-state index < -0.39 is 33.1 Å². The van der Waals surface area contributed by atoms with E-state index in [-0.39, 0.29) is 13.0 Å². The van der Waals surface area contributed by atoms with E-state index in [1.54, 1.807) is 13.8 Å². The number of ether oxygens (including phenoxy) is 1. The van der Waals surface area contributed by atoms with Gasteiger partial charge < -0.3 is 4.74 Å². The fraction of sp³-hybridized carbons (Fsp3) is 0.750. The predicted molar refractivity (Wildman–Crippen MR) is 50.6 cm³/mol. The van der Waals surface area contributed by atoms with Crippen LogP contribution in [0.4, 0.5) is 0 Å². The van der Waals surface area contributed by atoms with E-state index in [9.17, 15) is 18.0 Å². The second kappa shape index (κ2) is 5.74. The highest BCUT2D eigenvalue weighted by molar-refractivity contribution is 7.92. The molecular formula is C8H14O5S. The van der Waals surface area contributed by atoms with Crippen molar-refractivity contribution < 1.29 is 22.7 Å². The van der Waals surface area contributed by atoms with Gasteiger partial charge in [-0.25, -0.2) is 8.42 Å². The monoisotopic (exact) mass is 222 g/mol. The first-order valence-corrected chi connectivity index (χ1v) is 6.11. The van der Waals surface area contributed by atoms with Crippen molar-refractivity contribution in [3.8, 4) is 0 Å². The molecule has 0 heterocycles. The largest absolute Gasteiger partial charge is 0.465 e. The van der Waals surface area contributed by atoms with Crippen LogP contribution in [0.2, 0.25) is 0 Å². The molecule has 14 heavy (non-hydrogen) atoms. The van der Waals surface area contributed by atoms with E-state index in [1.165, 1.54) is 0 Å². The number of carbonyl (C=O) groups excluding carboxylic acids is 2. The van der Waals surface area contributed by atoms with Crippen LogP contribution in [0.5, 0.6) is 0 Å². The fourth-order valence-corrected chi connectivity index (χ4v) is 2.02. The predicted octanol–water partition coefficient (Wildman–Crippen LogP) is -0.0566. The van der Waals surface area contributed by atoms with Gasteiger partial charge in [-0.05, 0) is 6.92 Å². The molecule has 0 amide bonds. The lowest BCUT2D eigenvalue weighted by atomic mass is 10.4. The van der Waals surface area contributed by atoms with E-state index >= 15 is 0 Å². The number of ketones is 1. The van der Waals surface area contributed by atoms with Gasteiger partial charge in [0.25, 0.3) is 0 Å². The molecule has 0 fully saturated rings. The summed E-state index contributed by atoms with van der Waals surface area (Å²) in [7, 11) is -3.64. The van der Waals surface area contributed by atoms with Crippen molar-refractivity contribution in [1.82, 2.24) is 0 Å². The molecule has 82 valence electrons. The van der Waals surface area contributed by atoms with Crippen molar-refractivity contribution in [2.24, 2.45) is 0 Å². The fourth-order valence-electron chi connectivity index (χ4n) is 0.781. The van der Waals surface area contributed by atoms with Crippen molar-refractivity contribution in [2.45, 2.75) is 20.3 Å². The smallest absolute Gasteiger partial charge is 0.321 e. The molecule has 0 bridgehead atoms. The van der Waals surface area contributed by atoms with Crippen molar-refractivity contribution >= 4 is 21.6 Å². The molecule has 0 aliphatic carbocycles. The second-order valence-electron chi connectivity index (χ2n) is 2.73. The Hall–Kier alpha value is -0.910. The molecule has 0 aromatic heterocycles. The maximum Gasteiger partial charge on any atom is 0.321 e. The maximum atomic E-state index is 11.2. The Bertz CT molecular complexity index is 304. The molecule has 0 saturated carbocycles. The highest BCUT2D eigenvalue weighted by Gasteiger charge is 2.20. The van der Waals surface area contributed by atoms with Crippen LogP contribution in [-0.2, 0) is 24.2 Å². The van der Waals surface area contributed by atoms with Crippen LogP contribution in [0.1, 0.15) is 20.3 Å². The number of Topliss-reactive ketones (excluding diaryl/α,β-unsaturated/α-hetero) is 1. The molecule has 5 nitrogen and oxygen atoms in total. The number of hydrogen-bond acceptors (Lipinski definition) is 5. The zero-order valence-corrected chi connectivity index (χ0v) is 9.09. The van der Waals surface area contributed by atoms with Gasteiger partial charge in [-0.15, -0.1) is 0 Å². The van der Waals surface area contributed by atoms with E-state index in [4.69, 9.17) is 0 Å². The summed E-state index contributed by atoms with van der Waals surface area (Å²) >= 11 is 0. The number of sulfone groups is 1. The summed E-state index contributed by atoms with van der Waals surface area (Å²) in [5.74, 6) is -2.50. The molecule has 0 saturated heterocycles. The molecule has 0 unspecified atom stereocenters. The summed E-state index contributed by atoms with van der Waals surface area (Å²) in [5.41, 5.74) is 0. The van der Waals surface area contributed by atoms with Crippen LogP contribution in [0.3, 0.4) is 0 Å². The third-order valence-electron chi connectivity index (χ3n) is 1.42. The molecule has 0 spiro atoms. The first-order chi connectivity index (χ1) is 6.41. The van der Waals surface area contributed by atoms with Gasteiger partial charge in [0.2, 0.25) is 0 Å². The number of rotatable bonds is 6. The summed E-state index contributed by atoms with van der Waals surface area (Å²) in [6, 6.07) is 0. The summed E-state index contributed by atoms with van der Waals surface area (Å²) < 4.78 is 26.8. The number of hydrogen-bond donors (Lipinski definition) is 0. The van der Waals surface area contributed by atoms with E-state index in [1.807, 2.05) is 0 Å². The molecule has 0 aromatic rings. The summed E-state index contributed by atoms with van der Waals surface area (Å²) in [6.45, 7) is 3.29. The summed E-state index contributed by atoms with van der Waals surface area (Å²) in [6.07, 6.45) is 0.155. The quantitative estimate of drug-likeness (QED) is 0.588. The average molecular weight is 222 g/mol. The third-order valence-corrected chi connectivity index (χ3v) is 2.86. The Morgan fingerprint density at radius 3 is 2.14 bits per heavy atom. The first kappa shape index (κ1) is 13.1. The van der Waals surface area contributed by atoms with Gasteiger partial charge in [-0.1, -0.05) is 6.92 Å². The summed E-state index contributed by atoms with van der Waals surface area (Å²) in [4.78, 5) is 21.7. The lowest BCUT2D eigenvalue weighted by molar-refractivity contribution is -0.139. The van der Waals surface area contributed by atoms with Gasteiger partial charge in [0, 0.05) is 6.42 Å². The molecule has 0 N–H and O–H groups in total. The second-order valence-corrected chi connectivity index (χ2v) is 4.79. The zero-order valence-electron chi connectivity index (χ0n) is 8.28. The minimum atomic E-state index is -3.64. The van der Waals surface area contributed by atoms with Crippen molar-refractivity contribution in [3.05, 3.63) is 0 Å². The highest BCUT2D eigenvalue weighted by Crippen LogP contribution is 1.95. The van der Waals surface area contributed by atoms with Gasteiger partial charge in [-0.3, -0.25) is 9.59 Å². The maximum absolute atomic E-state index is 11.2. The van der Waals surface area contributed by atoms with Crippen molar-refractivity contribution in [1.29, 1.82) is 0 Å². The topological polar surface area (TPSA) is 77.5 Å². The SMILES string of the molecule is CCOC(=O)CS(=O)(=O)CC(=O)CC. The Labute approximate surface area is 83.4 Å². The van der Waals surface area contributed by atoms with Crippen LogP contribution >= 0.6 is 0 Å². The highest BCUT2D eigenvalue weighted by atomic mass is 32.2. The average Bonchev–Trinajstić information content (AvgIpc) is 2.02. The van der Waals surface area contributed by atoms with Gasteiger partial charge >= 0.3 is 5.97 Å². The zero-order chi connectivity index (χ0) is 11.2. The Morgan fingerprint density at radius 1 is 1.14 bits per heavy atom. The van der Waals surface area contributed by atoms with E-state index in [0.717, 1.165) is 0 Å². The normalized spacial score (nSPS) is 11.0. The van der Waals surface area contributed by atoms with E-state index in [0.29, 0.717) is 0 Å². The van der Waals surface area contributed by atoms with Gasteiger partial charge in [0.1, 0.15) is 17.3 Å². The molecule has 6 heteroatoms.